The van der Waals surface area contributed by atoms with Crippen LogP contribution < -0.4 is 16.2 Å². The van der Waals surface area contributed by atoms with Crippen LogP contribution >= 0.6 is 12.2 Å². The summed E-state index contributed by atoms with van der Waals surface area (Å²) >= 11 is 4.98. The first-order chi connectivity index (χ1) is 10.6. The lowest BCUT2D eigenvalue weighted by atomic mass is 9.80. The number of carbonyl (C=O) groups is 1. The number of thiocarbonyl (C=S) groups is 1. The Morgan fingerprint density at radius 1 is 1.30 bits per heavy atom. The van der Waals surface area contributed by atoms with Crippen LogP contribution in [0.25, 0.3) is 0 Å². The van der Waals surface area contributed by atoms with Crippen LogP contribution in [0.3, 0.4) is 0 Å². The smallest absolute Gasteiger partial charge is 0.426 e. The van der Waals surface area contributed by atoms with Crippen LogP contribution in [-0.4, -0.2) is 47.1 Å². The molecule has 0 aromatic carbocycles. The van der Waals surface area contributed by atoms with E-state index in [1.165, 1.54) is 0 Å². The third kappa shape index (κ3) is 5.63. The van der Waals surface area contributed by atoms with Gasteiger partial charge in [-0.05, 0) is 39.9 Å². The van der Waals surface area contributed by atoms with Crippen molar-refractivity contribution in [3.8, 4) is 0 Å². The zero-order valence-electron chi connectivity index (χ0n) is 14.6. The van der Waals surface area contributed by atoms with Gasteiger partial charge in [-0.3, -0.25) is 5.43 Å². The van der Waals surface area contributed by atoms with Gasteiger partial charge in [-0.25, -0.2) is 10.2 Å². The SMILES string of the molecule is C=CCNC(=S)NNC(=O)OC1CC(C)(C)N(OC)C(C)(C)C1. The van der Waals surface area contributed by atoms with Crippen molar-refractivity contribution in [2.45, 2.75) is 57.7 Å². The number of amides is 1. The van der Waals surface area contributed by atoms with E-state index in [-0.39, 0.29) is 17.2 Å². The molecule has 0 aromatic heterocycles. The zero-order valence-corrected chi connectivity index (χ0v) is 15.4. The molecule has 0 aromatic rings. The van der Waals surface area contributed by atoms with Crippen molar-refractivity contribution in [2.75, 3.05) is 13.7 Å². The van der Waals surface area contributed by atoms with Gasteiger partial charge in [-0.2, -0.15) is 5.06 Å². The van der Waals surface area contributed by atoms with Crippen molar-refractivity contribution in [3.05, 3.63) is 12.7 Å². The van der Waals surface area contributed by atoms with E-state index in [0.29, 0.717) is 24.5 Å². The molecular formula is C15H28N4O3S. The van der Waals surface area contributed by atoms with Crippen molar-refractivity contribution in [3.63, 3.8) is 0 Å². The first-order valence-corrected chi connectivity index (χ1v) is 7.99. The second-order valence-corrected chi connectivity index (χ2v) is 7.19. The van der Waals surface area contributed by atoms with Gasteiger partial charge >= 0.3 is 6.09 Å². The van der Waals surface area contributed by atoms with Crippen LogP contribution in [0, 0.1) is 0 Å². The van der Waals surface area contributed by atoms with E-state index >= 15 is 0 Å². The molecule has 0 spiro atoms. The third-order valence-corrected chi connectivity index (χ3v) is 3.94. The summed E-state index contributed by atoms with van der Waals surface area (Å²) in [4.78, 5) is 17.4. The minimum atomic E-state index is -0.560. The summed E-state index contributed by atoms with van der Waals surface area (Å²) in [6, 6.07) is 0. The predicted molar refractivity (Wildman–Crippen MR) is 93.6 cm³/mol. The second-order valence-electron chi connectivity index (χ2n) is 6.79. The van der Waals surface area contributed by atoms with Gasteiger partial charge in [-0.1, -0.05) is 6.08 Å². The second kappa shape index (κ2) is 7.94. The quantitative estimate of drug-likeness (QED) is 0.408. The molecule has 0 atom stereocenters. The average Bonchev–Trinajstić information content (AvgIpc) is 2.40. The molecule has 1 fully saturated rings. The van der Waals surface area contributed by atoms with E-state index in [4.69, 9.17) is 21.8 Å². The van der Waals surface area contributed by atoms with E-state index in [0.717, 1.165) is 0 Å². The standard InChI is InChI=1S/C15H28N4O3S/c1-7-8-16-12(23)17-18-13(20)22-11-9-14(2,3)19(21-6)15(4,5)10-11/h7,11H,1,8-10H2,2-6H3,(H,18,20)(H2,16,17,23). The molecule has 0 unspecified atom stereocenters. The molecule has 1 saturated heterocycles. The summed E-state index contributed by atoms with van der Waals surface area (Å²) in [5.74, 6) is 0. The summed E-state index contributed by atoms with van der Waals surface area (Å²) in [5, 5.41) is 5.10. The zero-order chi connectivity index (χ0) is 17.7. The number of carbonyl (C=O) groups excluding carboxylic acids is 1. The number of hydrogen-bond donors (Lipinski definition) is 3. The summed E-state index contributed by atoms with van der Waals surface area (Å²) < 4.78 is 5.51. The fraction of sp³-hybridized carbons (Fsp3) is 0.733. The third-order valence-electron chi connectivity index (χ3n) is 3.70. The van der Waals surface area contributed by atoms with E-state index in [9.17, 15) is 4.79 Å². The highest BCUT2D eigenvalue weighted by molar-refractivity contribution is 7.80. The summed E-state index contributed by atoms with van der Waals surface area (Å²) in [6.45, 7) is 12.4. The number of ether oxygens (including phenoxy) is 1. The molecule has 1 amide bonds. The van der Waals surface area contributed by atoms with Crippen molar-refractivity contribution in [2.24, 2.45) is 0 Å². The van der Waals surface area contributed by atoms with E-state index in [1.54, 1.807) is 13.2 Å². The highest BCUT2D eigenvalue weighted by atomic mass is 32.1. The van der Waals surface area contributed by atoms with Crippen molar-refractivity contribution >= 4 is 23.4 Å². The summed E-state index contributed by atoms with van der Waals surface area (Å²) in [6.07, 6.45) is 2.26. The Bertz CT molecular complexity index is 436. The monoisotopic (exact) mass is 344 g/mol. The Kier molecular flexibility index (Phi) is 6.79. The van der Waals surface area contributed by atoms with Gasteiger partial charge in [0.25, 0.3) is 0 Å². The van der Waals surface area contributed by atoms with Gasteiger partial charge in [0.15, 0.2) is 5.11 Å². The maximum atomic E-state index is 11.9. The van der Waals surface area contributed by atoms with Crippen molar-refractivity contribution in [1.82, 2.24) is 21.2 Å². The first-order valence-electron chi connectivity index (χ1n) is 7.58. The lowest BCUT2D eigenvalue weighted by Gasteiger charge is -2.52. The molecule has 1 aliphatic heterocycles. The van der Waals surface area contributed by atoms with E-state index in [2.05, 4.69) is 50.4 Å². The molecule has 8 heteroatoms. The largest absolute Gasteiger partial charge is 0.445 e. The molecule has 0 bridgehead atoms. The van der Waals surface area contributed by atoms with Gasteiger partial charge in [0.1, 0.15) is 6.10 Å². The fourth-order valence-corrected chi connectivity index (χ4v) is 3.38. The molecule has 1 aliphatic rings. The number of nitrogens with one attached hydrogen (secondary N) is 3. The van der Waals surface area contributed by atoms with Crippen LogP contribution in [-0.2, 0) is 9.57 Å². The Morgan fingerprint density at radius 3 is 2.35 bits per heavy atom. The maximum absolute atomic E-state index is 11.9. The maximum Gasteiger partial charge on any atom is 0.426 e. The molecule has 3 N–H and O–H groups in total. The minimum absolute atomic E-state index is 0.206. The van der Waals surface area contributed by atoms with Gasteiger partial charge in [0.05, 0.1) is 7.11 Å². The van der Waals surface area contributed by atoms with Crippen LogP contribution in [0.15, 0.2) is 12.7 Å². The van der Waals surface area contributed by atoms with Crippen LogP contribution in [0.5, 0.6) is 0 Å². The van der Waals surface area contributed by atoms with Gasteiger partial charge < -0.3 is 14.9 Å². The van der Waals surface area contributed by atoms with E-state index < -0.39 is 6.09 Å². The number of hydrazine groups is 1. The number of nitrogens with zero attached hydrogens (tertiary/aromatic N) is 1. The fourth-order valence-electron chi connectivity index (χ4n) is 3.25. The summed E-state index contributed by atoms with van der Waals surface area (Å²) in [7, 11) is 1.67. The molecule has 1 heterocycles. The predicted octanol–water partition coefficient (Wildman–Crippen LogP) is 1.86. The highest BCUT2D eigenvalue weighted by Gasteiger charge is 2.47. The summed E-state index contributed by atoms with van der Waals surface area (Å²) in [5.41, 5.74) is 4.52. The molecule has 23 heavy (non-hydrogen) atoms. The molecular weight excluding hydrogens is 316 g/mol. The molecule has 0 radical (unpaired) electrons. The van der Waals surface area contributed by atoms with Crippen molar-refractivity contribution < 1.29 is 14.4 Å². The van der Waals surface area contributed by atoms with Gasteiger partial charge in [-0.15, -0.1) is 6.58 Å². The number of hydrogen-bond acceptors (Lipinski definition) is 5. The van der Waals surface area contributed by atoms with E-state index in [1.807, 2.05) is 5.06 Å². The highest BCUT2D eigenvalue weighted by Crippen LogP contribution is 2.39. The Labute approximate surface area is 143 Å². The number of piperidine rings is 1. The molecule has 1 rings (SSSR count). The lowest BCUT2D eigenvalue weighted by molar-refractivity contribution is -0.276. The average molecular weight is 344 g/mol. The van der Waals surface area contributed by atoms with Crippen LogP contribution in [0.1, 0.15) is 40.5 Å². The lowest BCUT2D eigenvalue weighted by Crippen LogP contribution is -2.62. The van der Waals surface area contributed by atoms with Crippen molar-refractivity contribution in [1.29, 1.82) is 0 Å². The Morgan fingerprint density at radius 2 is 1.87 bits per heavy atom. The Balaban J connectivity index is 2.52. The van der Waals surface area contributed by atoms with Gasteiger partial charge in [0.2, 0.25) is 0 Å². The van der Waals surface area contributed by atoms with Crippen LogP contribution in [0.4, 0.5) is 4.79 Å². The Hall–Kier alpha value is -1.38. The normalized spacial score (nSPS) is 20.4. The number of rotatable bonds is 4. The van der Waals surface area contributed by atoms with Crippen LogP contribution in [0.2, 0.25) is 0 Å². The number of hydroxylamine groups is 2. The minimum Gasteiger partial charge on any atom is -0.445 e. The molecule has 0 aliphatic carbocycles. The topological polar surface area (TPSA) is 74.9 Å². The molecule has 7 nitrogen and oxygen atoms in total. The van der Waals surface area contributed by atoms with Gasteiger partial charge in [0, 0.05) is 30.5 Å². The first kappa shape index (κ1) is 19.7. The molecule has 0 saturated carbocycles. The molecule has 132 valence electrons.